The monoisotopic (exact) mass is 299 g/mol. The van der Waals surface area contributed by atoms with Crippen LogP contribution in [0.2, 0.25) is 0 Å². The van der Waals surface area contributed by atoms with Gasteiger partial charge in [0.2, 0.25) is 11.8 Å². The molecule has 6 heteroatoms. The maximum atomic E-state index is 5.75. The Morgan fingerprint density at radius 1 is 1.00 bits per heavy atom. The summed E-state index contributed by atoms with van der Waals surface area (Å²) in [6.45, 7) is 5.89. The molecule has 2 fully saturated rings. The molecule has 0 radical (unpaired) electrons. The molecule has 0 bridgehead atoms. The molecule has 2 aromatic rings. The standard InChI is InChI=1S/C16H21N5O/c1-2-6-17-14(3-1)11-20-7-9-21(10-8-20)12-15-18-19-16(22-15)13-4-5-13/h1-3,6,13H,4-5,7-12H2. The third-order valence-electron chi connectivity index (χ3n) is 4.34. The molecule has 0 N–H and O–H groups in total. The summed E-state index contributed by atoms with van der Waals surface area (Å²) >= 11 is 0. The molecule has 0 unspecified atom stereocenters. The first-order valence-electron chi connectivity index (χ1n) is 8.04. The van der Waals surface area contributed by atoms with Crippen molar-refractivity contribution in [1.29, 1.82) is 0 Å². The van der Waals surface area contributed by atoms with E-state index in [-0.39, 0.29) is 0 Å². The molecular weight excluding hydrogens is 278 g/mol. The summed E-state index contributed by atoms with van der Waals surface area (Å²) < 4.78 is 5.75. The Bertz CT molecular complexity index is 602. The largest absolute Gasteiger partial charge is 0.424 e. The van der Waals surface area contributed by atoms with Crippen LogP contribution in [-0.2, 0) is 13.1 Å². The van der Waals surface area contributed by atoms with Crippen LogP contribution in [0.15, 0.2) is 28.8 Å². The SMILES string of the molecule is c1ccc(CN2CCN(Cc3nnc(C4CC4)o3)CC2)nc1. The predicted molar refractivity (Wildman–Crippen MR) is 81.1 cm³/mol. The molecule has 3 heterocycles. The van der Waals surface area contributed by atoms with E-state index in [2.05, 4.69) is 31.0 Å². The van der Waals surface area contributed by atoms with Gasteiger partial charge in [0, 0.05) is 44.8 Å². The molecule has 0 amide bonds. The Labute approximate surface area is 130 Å². The number of pyridine rings is 1. The van der Waals surface area contributed by atoms with Crippen molar-refractivity contribution in [1.82, 2.24) is 25.0 Å². The molecule has 6 nitrogen and oxygen atoms in total. The van der Waals surface area contributed by atoms with E-state index in [9.17, 15) is 0 Å². The van der Waals surface area contributed by atoms with Crippen LogP contribution in [0, 0.1) is 0 Å². The fraction of sp³-hybridized carbons (Fsp3) is 0.562. The number of aromatic nitrogens is 3. The first-order valence-corrected chi connectivity index (χ1v) is 8.04. The fourth-order valence-corrected chi connectivity index (χ4v) is 2.84. The van der Waals surface area contributed by atoms with Crippen LogP contribution >= 0.6 is 0 Å². The highest BCUT2D eigenvalue weighted by molar-refractivity contribution is 5.03. The minimum atomic E-state index is 0.538. The quantitative estimate of drug-likeness (QED) is 0.837. The summed E-state index contributed by atoms with van der Waals surface area (Å²) in [6, 6.07) is 6.09. The Kier molecular flexibility index (Phi) is 3.86. The van der Waals surface area contributed by atoms with Crippen LogP contribution in [0.25, 0.3) is 0 Å². The van der Waals surface area contributed by atoms with Crippen LogP contribution in [0.4, 0.5) is 0 Å². The molecule has 0 spiro atoms. The van der Waals surface area contributed by atoms with Crippen molar-refractivity contribution in [3.63, 3.8) is 0 Å². The topological polar surface area (TPSA) is 58.3 Å². The Morgan fingerprint density at radius 2 is 1.77 bits per heavy atom. The van der Waals surface area contributed by atoms with Gasteiger partial charge in [-0.15, -0.1) is 10.2 Å². The first-order chi connectivity index (χ1) is 10.9. The third kappa shape index (κ3) is 3.34. The molecule has 1 saturated heterocycles. The number of piperazine rings is 1. The van der Waals surface area contributed by atoms with Crippen LogP contribution in [0.5, 0.6) is 0 Å². The zero-order valence-corrected chi connectivity index (χ0v) is 12.7. The highest BCUT2D eigenvalue weighted by Crippen LogP contribution is 2.39. The van der Waals surface area contributed by atoms with Gasteiger partial charge in [0.15, 0.2) is 0 Å². The van der Waals surface area contributed by atoms with Crippen molar-refractivity contribution < 1.29 is 4.42 Å². The molecule has 1 saturated carbocycles. The fourth-order valence-electron chi connectivity index (χ4n) is 2.84. The molecule has 2 aliphatic rings. The normalized spacial score (nSPS) is 20.4. The minimum Gasteiger partial charge on any atom is -0.424 e. The maximum Gasteiger partial charge on any atom is 0.230 e. The van der Waals surface area contributed by atoms with E-state index in [0.717, 1.165) is 56.7 Å². The van der Waals surface area contributed by atoms with Gasteiger partial charge in [0.25, 0.3) is 0 Å². The molecule has 2 aromatic heterocycles. The summed E-state index contributed by atoms with van der Waals surface area (Å²) in [4.78, 5) is 9.23. The molecule has 4 rings (SSSR count). The lowest BCUT2D eigenvalue weighted by Crippen LogP contribution is -2.45. The molecule has 116 valence electrons. The van der Waals surface area contributed by atoms with E-state index in [1.165, 1.54) is 12.8 Å². The number of hydrogen-bond acceptors (Lipinski definition) is 6. The van der Waals surface area contributed by atoms with Gasteiger partial charge in [-0.2, -0.15) is 0 Å². The van der Waals surface area contributed by atoms with Crippen molar-refractivity contribution in [2.24, 2.45) is 0 Å². The van der Waals surface area contributed by atoms with Gasteiger partial charge in [-0.05, 0) is 25.0 Å². The van der Waals surface area contributed by atoms with E-state index in [1.54, 1.807) is 0 Å². The van der Waals surface area contributed by atoms with E-state index in [0.29, 0.717) is 5.92 Å². The van der Waals surface area contributed by atoms with Crippen molar-refractivity contribution >= 4 is 0 Å². The number of nitrogens with zero attached hydrogens (tertiary/aromatic N) is 5. The summed E-state index contributed by atoms with van der Waals surface area (Å²) in [5, 5.41) is 8.33. The van der Waals surface area contributed by atoms with Gasteiger partial charge in [0.05, 0.1) is 12.2 Å². The van der Waals surface area contributed by atoms with Crippen LogP contribution in [0.1, 0.15) is 36.2 Å². The molecule has 0 atom stereocenters. The Morgan fingerprint density at radius 3 is 2.45 bits per heavy atom. The minimum absolute atomic E-state index is 0.538. The van der Waals surface area contributed by atoms with Crippen LogP contribution < -0.4 is 0 Å². The van der Waals surface area contributed by atoms with Crippen molar-refractivity contribution in [2.75, 3.05) is 26.2 Å². The second-order valence-electron chi connectivity index (χ2n) is 6.18. The molecule has 22 heavy (non-hydrogen) atoms. The van der Waals surface area contributed by atoms with E-state index in [1.807, 2.05) is 18.3 Å². The zero-order chi connectivity index (χ0) is 14.8. The lowest BCUT2D eigenvalue weighted by molar-refractivity contribution is 0.113. The van der Waals surface area contributed by atoms with Gasteiger partial charge < -0.3 is 4.42 Å². The van der Waals surface area contributed by atoms with Gasteiger partial charge in [-0.1, -0.05) is 6.07 Å². The maximum absolute atomic E-state index is 5.75. The summed E-state index contributed by atoms with van der Waals surface area (Å²) in [7, 11) is 0. The molecular formula is C16H21N5O. The second kappa shape index (κ2) is 6.14. The van der Waals surface area contributed by atoms with Gasteiger partial charge in [-0.3, -0.25) is 14.8 Å². The van der Waals surface area contributed by atoms with E-state index in [4.69, 9.17) is 4.42 Å². The van der Waals surface area contributed by atoms with E-state index >= 15 is 0 Å². The first kappa shape index (κ1) is 13.8. The Balaban J connectivity index is 1.26. The summed E-state index contributed by atoms with van der Waals surface area (Å²) in [5.74, 6) is 2.14. The smallest absolute Gasteiger partial charge is 0.230 e. The van der Waals surface area contributed by atoms with Crippen molar-refractivity contribution in [3.05, 3.63) is 41.9 Å². The average molecular weight is 299 g/mol. The van der Waals surface area contributed by atoms with Crippen molar-refractivity contribution in [2.45, 2.75) is 31.8 Å². The van der Waals surface area contributed by atoms with Crippen LogP contribution in [-0.4, -0.2) is 51.2 Å². The second-order valence-corrected chi connectivity index (χ2v) is 6.18. The average Bonchev–Trinajstić information content (AvgIpc) is 3.30. The molecule has 1 aliphatic carbocycles. The number of rotatable bonds is 5. The van der Waals surface area contributed by atoms with Gasteiger partial charge in [0.1, 0.15) is 0 Å². The highest BCUT2D eigenvalue weighted by Gasteiger charge is 2.29. The lowest BCUT2D eigenvalue weighted by Gasteiger charge is -2.33. The molecule has 1 aliphatic heterocycles. The molecule has 0 aromatic carbocycles. The highest BCUT2D eigenvalue weighted by atomic mass is 16.4. The van der Waals surface area contributed by atoms with Crippen LogP contribution in [0.3, 0.4) is 0 Å². The van der Waals surface area contributed by atoms with Gasteiger partial charge >= 0.3 is 0 Å². The predicted octanol–water partition coefficient (Wildman–Crippen LogP) is 1.66. The lowest BCUT2D eigenvalue weighted by atomic mass is 10.2. The Hall–Kier alpha value is -1.79. The number of hydrogen-bond donors (Lipinski definition) is 0. The summed E-state index contributed by atoms with van der Waals surface area (Å²) in [6.07, 6.45) is 4.26. The van der Waals surface area contributed by atoms with Crippen molar-refractivity contribution in [3.8, 4) is 0 Å². The third-order valence-corrected chi connectivity index (χ3v) is 4.34. The summed E-state index contributed by atoms with van der Waals surface area (Å²) in [5.41, 5.74) is 1.14. The van der Waals surface area contributed by atoms with E-state index < -0.39 is 0 Å². The van der Waals surface area contributed by atoms with Gasteiger partial charge in [-0.25, -0.2) is 0 Å². The zero-order valence-electron chi connectivity index (χ0n) is 12.7.